The van der Waals surface area contributed by atoms with E-state index in [9.17, 15) is 9.90 Å². The van der Waals surface area contributed by atoms with Crippen LogP contribution in [0.15, 0.2) is 18.2 Å². The lowest BCUT2D eigenvalue weighted by molar-refractivity contribution is 0.0950. The van der Waals surface area contributed by atoms with Crippen molar-refractivity contribution >= 4 is 17.7 Å². The monoisotopic (exact) mass is 253 g/mol. The molecule has 2 N–H and O–H groups in total. The summed E-state index contributed by atoms with van der Waals surface area (Å²) in [5, 5.41) is 12.9. The number of thioether (sulfide) groups is 1. The molecule has 1 aromatic rings. The number of aryl methyl sites for hydroxylation is 1. The van der Waals surface area contributed by atoms with Crippen LogP contribution < -0.4 is 5.32 Å². The molecule has 0 saturated carbocycles. The Morgan fingerprint density at radius 2 is 2.24 bits per heavy atom. The van der Waals surface area contributed by atoms with E-state index in [0.29, 0.717) is 17.4 Å². The molecule has 0 aliphatic carbocycles. The fraction of sp³-hybridized carbons (Fsp3) is 0.462. The highest BCUT2D eigenvalue weighted by Crippen LogP contribution is 2.18. The summed E-state index contributed by atoms with van der Waals surface area (Å²) in [7, 11) is 0. The lowest BCUT2D eigenvalue weighted by atomic mass is 10.1. The van der Waals surface area contributed by atoms with E-state index in [2.05, 4.69) is 18.5 Å². The molecular weight excluding hydrogens is 234 g/mol. The van der Waals surface area contributed by atoms with E-state index >= 15 is 0 Å². The Labute approximate surface area is 107 Å². The number of benzene rings is 1. The summed E-state index contributed by atoms with van der Waals surface area (Å²) in [4.78, 5) is 11.8. The number of phenolic OH excluding ortho intramolecular Hbond substituents is 1. The average Bonchev–Trinajstić information content (AvgIpc) is 2.31. The number of carbonyl (C=O) groups is 1. The van der Waals surface area contributed by atoms with Gasteiger partial charge in [-0.25, -0.2) is 0 Å². The molecule has 0 radical (unpaired) electrons. The van der Waals surface area contributed by atoms with Gasteiger partial charge in [0.25, 0.3) is 5.91 Å². The van der Waals surface area contributed by atoms with Crippen molar-refractivity contribution in [3.8, 4) is 5.75 Å². The van der Waals surface area contributed by atoms with Crippen LogP contribution in [0.4, 0.5) is 0 Å². The minimum absolute atomic E-state index is 0.0333. The molecule has 4 heteroatoms. The first-order valence-electron chi connectivity index (χ1n) is 5.65. The fourth-order valence-electron chi connectivity index (χ4n) is 1.43. The molecule has 17 heavy (non-hydrogen) atoms. The highest BCUT2D eigenvalue weighted by Gasteiger charge is 2.10. The first kappa shape index (κ1) is 13.9. The van der Waals surface area contributed by atoms with Crippen molar-refractivity contribution in [3.63, 3.8) is 0 Å². The van der Waals surface area contributed by atoms with Crippen LogP contribution in [0.3, 0.4) is 0 Å². The van der Waals surface area contributed by atoms with Crippen molar-refractivity contribution < 1.29 is 9.90 Å². The summed E-state index contributed by atoms with van der Waals surface area (Å²) in [5.74, 6) is -0.175. The number of hydrogen-bond acceptors (Lipinski definition) is 3. The standard InChI is InChI=1S/C13H19NO2S/c1-9-4-5-12(15)11(8-9)13(16)14-7-6-10(2)17-3/h4-5,8,10,15H,6-7H2,1-3H3,(H,14,16). The Bertz CT molecular complexity index is 393. The summed E-state index contributed by atoms with van der Waals surface area (Å²) in [6.07, 6.45) is 2.98. The molecule has 0 saturated heterocycles. The highest BCUT2D eigenvalue weighted by molar-refractivity contribution is 7.99. The first-order chi connectivity index (χ1) is 8.04. The normalized spacial score (nSPS) is 12.2. The van der Waals surface area contributed by atoms with Gasteiger partial charge in [-0.1, -0.05) is 18.6 Å². The second-order valence-corrected chi connectivity index (χ2v) is 5.39. The van der Waals surface area contributed by atoms with E-state index < -0.39 is 0 Å². The zero-order chi connectivity index (χ0) is 12.8. The third-order valence-electron chi connectivity index (χ3n) is 2.64. The van der Waals surface area contributed by atoms with E-state index in [4.69, 9.17) is 0 Å². The van der Waals surface area contributed by atoms with E-state index in [1.54, 1.807) is 30.0 Å². The molecule has 3 nitrogen and oxygen atoms in total. The van der Waals surface area contributed by atoms with Crippen LogP contribution in [0.5, 0.6) is 5.75 Å². The molecule has 0 bridgehead atoms. The molecule has 0 heterocycles. The number of aromatic hydroxyl groups is 1. The third-order valence-corrected chi connectivity index (χ3v) is 3.68. The smallest absolute Gasteiger partial charge is 0.255 e. The van der Waals surface area contributed by atoms with Gasteiger partial charge in [0, 0.05) is 11.8 Å². The van der Waals surface area contributed by atoms with E-state index in [1.807, 2.05) is 6.92 Å². The van der Waals surface area contributed by atoms with Crippen molar-refractivity contribution in [3.05, 3.63) is 29.3 Å². The number of hydrogen-bond donors (Lipinski definition) is 2. The molecule has 1 unspecified atom stereocenters. The molecule has 0 aliphatic rings. The summed E-state index contributed by atoms with van der Waals surface area (Å²) in [6, 6.07) is 5.03. The highest BCUT2D eigenvalue weighted by atomic mass is 32.2. The largest absolute Gasteiger partial charge is 0.507 e. The fourth-order valence-corrected chi connectivity index (χ4v) is 1.79. The van der Waals surface area contributed by atoms with Crippen LogP contribution in [-0.2, 0) is 0 Å². The van der Waals surface area contributed by atoms with E-state index in [0.717, 1.165) is 12.0 Å². The molecular formula is C13H19NO2S. The molecule has 1 rings (SSSR count). The maximum absolute atomic E-state index is 11.8. The minimum atomic E-state index is -0.209. The molecule has 1 amide bonds. The molecule has 94 valence electrons. The maximum atomic E-state index is 11.8. The van der Waals surface area contributed by atoms with Gasteiger partial charge in [-0.3, -0.25) is 4.79 Å². The predicted octanol–water partition coefficient (Wildman–Crippen LogP) is 2.57. The van der Waals surface area contributed by atoms with Crippen LogP contribution in [0, 0.1) is 6.92 Å². The molecule has 1 aromatic carbocycles. The number of nitrogens with one attached hydrogen (secondary N) is 1. The van der Waals surface area contributed by atoms with Crippen LogP contribution in [0.2, 0.25) is 0 Å². The number of rotatable bonds is 5. The summed E-state index contributed by atoms with van der Waals surface area (Å²) < 4.78 is 0. The third kappa shape index (κ3) is 4.30. The predicted molar refractivity (Wildman–Crippen MR) is 72.8 cm³/mol. The first-order valence-corrected chi connectivity index (χ1v) is 6.94. The minimum Gasteiger partial charge on any atom is -0.507 e. The second kappa shape index (κ2) is 6.55. The van der Waals surface area contributed by atoms with Gasteiger partial charge in [0.2, 0.25) is 0 Å². The Hall–Kier alpha value is -1.16. The SMILES string of the molecule is CSC(C)CCNC(=O)c1cc(C)ccc1O. The summed E-state index contributed by atoms with van der Waals surface area (Å²) >= 11 is 1.78. The average molecular weight is 253 g/mol. The maximum Gasteiger partial charge on any atom is 0.255 e. The van der Waals surface area contributed by atoms with Gasteiger partial charge in [0.15, 0.2) is 0 Å². The van der Waals surface area contributed by atoms with Gasteiger partial charge in [-0.15, -0.1) is 0 Å². The van der Waals surface area contributed by atoms with Crippen molar-refractivity contribution in [1.29, 1.82) is 0 Å². The van der Waals surface area contributed by atoms with Crippen molar-refractivity contribution in [2.24, 2.45) is 0 Å². The van der Waals surface area contributed by atoms with Gasteiger partial charge >= 0.3 is 0 Å². The molecule has 0 fully saturated rings. The van der Waals surface area contributed by atoms with Crippen LogP contribution >= 0.6 is 11.8 Å². The molecule has 1 atom stereocenters. The van der Waals surface area contributed by atoms with Crippen LogP contribution in [0.1, 0.15) is 29.3 Å². The topological polar surface area (TPSA) is 49.3 Å². The quantitative estimate of drug-likeness (QED) is 0.848. The lowest BCUT2D eigenvalue weighted by Crippen LogP contribution is -2.26. The van der Waals surface area contributed by atoms with Gasteiger partial charge < -0.3 is 10.4 Å². The van der Waals surface area contributed by atoms with Gasteiger partial charge in [-0.05, 0) is 31.7 Å². The van der Waals surface area contributed by atoms with E-state index in [-0.39, 0.29) is 11.7 Å². The molecule has 0 spiro atoms. The zero-order valence-electron chi connectivity index (χ0n) is 10.5. The molecule has 0 aliphatic heterocycles. The zero-order valence-corrected chi connectivity index (χ0v) is 11.3. The number of amides is 1. The Balaban J connectivity index is 2.55. The van der Waals surface area contributed by atoms with Gasteiger partial charge in [0.1, 0.15) is 5.75 Å². The second-order valence-electron chi connectivity index (χ2n) is 4.11. The Kier molecular flexibility index (Phi) is 5.35. The number of carbonyl (C=O) groups excluding carboxylic acids is 1. The Morgan fingerprint density at radius 3 is 2.88 bits per heavy atom. The van der Waals surface area contributed by atoms with Crippen molar-refractivity contribution in [2.75, 3.05) is 12.8 Å². The number of phenols is 1. The summed E-state index contributed by atoms with van der Waals surface area (Å²) in [6.45, 7) is 4.65. The lowest BCUT2D eigenvalue weighted by Gasteiger charge is -2.10. The van der Waals surface area contributed by atoms with Crippen LogP contribution in [0.25, 0.3) is 0 Å². The van der Waals surface area contributed by atoms with Crippen molar-refractivity contribution in [1.82, 2.24) is 5.32 Å². The van der Waals surface area contributed by atoms with Gasteiger partial charge in [-0.2, -0.15) is 11.8 Å². The summed E-state index contributed by atoms with van der Waals surface area (Å²) in [5.41, 5.74) is 1.31. The Morgan fingerprint density at radius 1 is 1.53 bits per heavy atom. The van der Waals surface area contributed by atoms with Crippen LogP contribution in [-0.4, -0.2) is 29.1 Å². The molecule has 0 aromatic heterocycles. The van der Waals surface area contributed by atoms with Crippen molar-refractivity contribution in [2.45, 2.75) is 25.5 Å². The van der Waals surface area contributed by atoms with E-state index in [1.165, 1.54) is 0 Å². The van der Waals surface area contributed by atoms with Gasteiger partial charge in [0.05, 0.1) is 5.56 Å².